The summed E-state index contributed by atoms with van der Waals surface area (Å²) in [6.45, 7) is -0.525. The van der Waals surface area contributed by atoms with E-state index in [1.807, 2.05) is 22.7 Å². The second kappa shape index (κ2) is 24.3. The molecule has 494 valence electrons. The summed E-state index contributed by atoms with van der Waals surface area (Å²) in [6.07, 6.45) is 0. The standard InChI is InChI=1S/C96H61B2N5OS2/c1-7-30-62(31-8-1)70-44-27-45-71(63-32-9-2-10-33-63)96(70)103-82-61-81-76(60-77(82)98-75-47-22-24-51-86(75)104-87-59-69(58-85(103)95(87)98)100(66-38-15-5-16-39-66)79-49-28-54-90-92(79)72-42-19-25-52-88(72)105-90)97-74-46-21-23-48-78(74)102(80-50-29-55-91-93(80)73-43-20-26-53-89(73)106-91)84-57-68(56-83(94(84)97)101(81)67-40-17-6-18-41-67)99(64-34-11-3-12-35-64)65-36-13-4-14-37-65/h1-61H. The van der Waals surface area contributed by atoms with Gasteiger partial charge in [0.1, 0.15) is 11.5 Å². The maximum absolute atomic E-state index is 7.64. The minimum absolute atomic E-state index is 0.245. The van der Waals surface area contributed by atoms with Crippen molar-refractivity contribution >= 4 is 195 Å². The van der Waals surface area contributed by atoms with Crippen molar-refractivity contribution in [1.29, 1.82) is 0 Å². The molecule has 0 saturated carbocycles. The Hall–Kier alpha value is -13.1. The molecule has 4 aliphatic heterocycles. The van der Waals surface area contributed by atoms with Gasteiger partial charge in [-0.05, 0) is 165 Å². The van der Waals surface area contributed by atoms with Gasteiger partial charge in [-0.2, -0.15) is 0 Å². The van der Waals surface area contributed by atoms with E-state index in [4.69, 9.17) is 4.74 Å². The Morgan fingerprint density at radius 3 is 1.36 bits per heavy atom. The van der Waals surface area contributed by atoms with Gasteiger partial charge in [0.15, 0.2) is 0 Å². The number of benzene rings is 16. The first-order valence-electron chi connectivity index (χ1n) is 36.3. The van der Waals surface area contributed by atoms with Crippen molar-refractivity contribution in [2.75, 3.05) is 24.5 Å². The molecule has 0 radical (unpaired) electrons. The zero-order chi connectivity index (χ0) is 69.5. The van der Waals surface area contributed by atoms with Gasteiger partial charge in [0, 0.05) is 114 Å². The van der Waals surface area contributed by atoms with Gasteiger partial charge in [-0.3, -0.25) is 0 Å². The van der Waals surface area contributed by atoms with Crippen LogP contribution in [-0.2, 0) is 0 Å². The third-order valence-electron chi connectivity index (χ3n) is 22.0. The topological polar surface area (TPSA) is 25.4 Å². The molecule has 2 aromatic heterocycles. The van der Waals surface area contributed by atoms with Crippen LogP contribution < -0.4 is 62.0 Å². The lowest BCUT2D eigenvalue weighted by Crippen LogP contribution is -2.64. The van der Waals surface area contributed by atoms with E-state index in [1.165, 1.54) is 62.2 Å². The summed E-state index contributed by atoms with van der Waals surface area (Å²) < 4.78 is 12.6. The van der Waals surface area contributed by atoms with Crippen LogP contribution >= 0.6 is 22.7 Å². The first-order valence-corrected chi connectivity index (χ1v) is 37.9. The Morgan fingerprint density at radius 2 is 0.717 bits per heavy atom. The van der Waals surface area contributed by atoms with Crippen molar-refractivity contribution in [2.24, 2.45) is 0 Å². The van der Waals surface area contributed by atoms with Crippen molar-refractivity contribution in [3.63, 3.8) is 0 Å². The quantitative estimate of drug-likeness (QED) is 0.120. The molecule has 10 heteroatoms. The summed E-state index contributed by atoms with van der Waals surface area (Å²) in [5, 5.41) is 4.94. The number of nitrogens with zero attached hydrogens (tertiary/aromatic N) is 5. The van der Waals surface area contributed by atoms with Gasteiger partial charge in [0.25, 0.3) is 13.4 Å². The Bertz CT molecular complexity index is 6460. The monoisotopic (exact) mass is 1390 g/mol. The number of anilines is 15. The molecule has 0 bridgehead atoms. The second-order valence-corrected chi connectivity index (χ2v) is 29.9. The predicted molar refractivity (Wildman–Crippen MR) is 452 cm³/mol. The molecule has 18 aromatic rings. The molecule has 0 atom stereocenters. The van der Waals surface area contributed by atoms with E-state index in [-0.39, 0.29) is 13.4 Å². The number of para-hydroxylation sites is 7. The van der Waals surface area contributed by atoms with Crippen LogP contribution in [0.15, 0.2) is 370 Å². The summed E-state index contributed by atoms with van der Waals surface area (Å²) >= 11 is 3.71. The lowest BCUT2D eigenvalue weighted by atomic mass is 9.30. The molecular formula is C96H61B2N5OS2. The molecule has 0 aliphatic carbocycles. The molecule has 6 nitrogen and oxygen atoms in total. The molecule has 0 N–H and O–H groups in total. The molecule has 0 unspecified atom stereocenters. The normalized spacial score (nSPS) is 12.9. The van der Waals surface area contributed by atoms with Crippen LogP contribution in [0.25, 0.3) is 62.6 Å². The number of fused-ring (bicyclic) bond motifs is 14. The summed E-state index contributed by atoms with van der Waals surface area (Å²) in [4.78, 5) is 12.8. The van der Waals surface area contributed by atoms with Crippen LogP contribution in [0.3, 0.4) is 0 Å². The molecule has 4 aliphatic rings. The number of rotatable bonds is 11. The summed E-state index contributed by atoms with van der Waals surface area (Å²) in [5.74, 6) is 1.65. The van der Waals surface area contributed by atoms with Crippen LogP contribution in [-0.4, -0.2) is 13.4 Å². The van der Waals surface area contributed by atoms with Gasteiger partial charge < -0.3 is 29.2 Å². The van der Waals surface area contributed by atoms with E-state index in [2.05, 4.69) is 395 Å². The molecular weight excluding hydrogens is 1320 g/mol. The summed E-state index contributed by atoms with van der Waals surface area (Å²) in [6, 6.07) is 137. The van der Waals surface area contributed by atoms with Crippen LogP contribution in [0.5, 0.6) is 11.5 Å². The Labute approximate surface area is 623 Å². The molecule has 0 amide bonds. The SMILES string of the molecule is c1ccc(-c2cccc(-c3ccccc3)c2N2c3cc4c(cc3B3c5ccccc5Oc5cc(N(c6ccccc6)c6cccc7sc8ccccc8c67)cc2c53)B2c3ccccc3N(c3cccc5sc6ccccc6c35)c3cc(N(c5ccccc5)c5ccccc5)cc(c32)N4c2ccccc2)cc1. The highest BCUT2D eigenvalue weighted by Crippen LogP contribution is 2.56. The van der Waals surface area contributed by atoms with E-state index < -0.39 is 0 Å². The van der Waals surface area contributed by atoms with E-state index in [0.717, 1.165) is 130 Å². The van der Waals surface area contributed by atoms with Gasteiger partial charge in [0.05, 0.1) is 28.4 Å². The molecule has 0 fully saturated rings. The largest absolute Gasteiger partial charge is 0.458 e. The second-order valence-electron chi connectivity index (χ2n) is 27.8. The zero-order valence-corrected chi connectivity index (χ0v) is 59.0. The minimum Gasteiger partial charge on any atom is -0.458 e. The van der Waals surface area contributed by atoms with Crippen molar-refractivity contribution in [3.05, 3.63) is 370 Å². The number of hydrogen-bond donors (Lipinski definition) is 0. The van der Waals surface area contributed by atoms with Crippen LogP contribution in [0.1, 0.15) is 0 Å². The highest BCUT2D eigenvalue weighted by Gasteiger charge is 2.49. The maximum Gasteiger partial charge on any atom is 0.256 e. The highest BCUT2D eigenvalue weighted by atomic mass is 32.1. The van der Waals surface area contributed by atoms with E-state index >= 15 is 0 Å². The van der Waals surface area contributed by atoms with Crippen molar-refractivity contribution in [1.82, 2.24) is 0 Å². The molecule has 0 spiro atoms. The fraction of sp³-hybridized carbons (Fsp3) is 0. The minimum atomic E-state index is -0.280. The fourth-order valence-corrected chi connectivity index (χ4v) is 19.9. The van der Waals surface area contributed by atoms with Crippen LogP contribution in [0.4, 0.5) is 85.3 Å². The molecule has 16 aromatic carbocycles. The van der Waals surface area contributed by atoms with Crippen molar-refractivity contribution in [2.45, 2.75) is 0 Å². The lowest BCUT2D eigenvalue weighted by Gasteiger charge is -2.47. The maximum atomic E-state index is 7.64. The molecule has 6 heterocycles. The van der Waals surface area contributed by atoms with Gasteiger partial charge in [-0.25, -0.2) is 0 Å². The molecule has 22 rings (SSSR count). The Balaban J connectivity index is 0.883. The van der Waals surface area contributed by atoms with E-state index in [0.29, 0.717) is 0 Å². The first kappa shape index (κ1) is 60.5. The lowest BCUT2D eigenvalue weighted by molar-refractivity contribution is 0.487. The summed E-state index contributed by atoms with van der Waals surface area (Å²) in [5.41, 5.74) is 27.6. The van der Waals surface area contributed by atoms with Crippen LogP contribution in [0, 0.1) is 0 Å². The first-order chi connectivity index (χ1) is 52.6. The third kappa shape index (κ3) is 9.31. The van der Waals surface area contributed by atoms with Crippen LogP contribution in [0.2, 0.25) is 0 Å². The van der Waals surface area contributed by atoms with Gasteiger partial charge in [0.2, 0.25) is 0 Å². The average Bonchev–Trinajstić information content (AvgIpc) is 1.18. The van der Waals surface area contributed by atoms with Crippen molar-refractivity contribution < 1.29 is 4.74 Å². The number of hydrogen-bond acceptors (Lipinski definition) is 8. The zero-order valence-electron chi connectivity index (χ0n) is 57.3. The van der Waals surface area contributed by atoms with Gasteiger partial charge in [-0.1, -0.05) is 243 Å². The fourth-order valence-electron chi connectivity index (χ4n) is 17.7. The Kier molecular flexibility index (Phi) is 13.8. The molecule has 0 saturated heterocycles. The Morgan fingerprint density at radius 1 is 0.264 bits per heavy atom. The average molecular weight is 1390 g/mol. The highest BCUT2D eigenvalue weighted by molar-refractivity contribution is 7.26. The van der Waals surface area contributed by atoms with E-state index in [9.17, 15) is 0 Å². The predicted octanol–water partition coefficient (Wildman–Crippen LogP) is 23.2. The molecule has 106 heavy (non-hydrogen) atoms. The van der Waals surface area contributed by atoms with Gasteiger partial charge in [-0.15, -0.1) is 22.7 Å². The van der Waals surface area contributed by atoms with Gasteiger partial charge >= 0.3 is 0 Å². The number of ether oxygens (including phenoxy) is 1. The summed E-state index contributed by atoms with van der Waals surface area (Å²) in [7, 11) is 0. The van der Waals surface area contributed by atoms with E-state index in [1.54, 1.807) is 0 Å². The van der Waals surface area contributed by atoms with Crippen molar-refractivity contribution in [3.8, 4) is 33.8 Å². The smallest absolute Gasteiger partial charge is 0.256 e. The third-order valence-corrected chi connectivity index (χ3v) is 24.3. The number of thiophene rings is 2.